The highest BCUT2D eigenvalue weighted by Crippen LogP contribution is 2.61. The van der Waals surface area contributed by atoms with Gasteiger partial charge in [0.15, 0.2) is 0 Å². The summed E-state index contributed by atoms with van der Waals surface area (Å²) in [5.41, 5.74) is 2.37. The van der Waals surface area contributed by atoms with E-state index < -0.39 is 0 Å². The molecule has 4 aliphatic rings. The average molecular weight is 440 g/mol. The summed E-state index contributed by atoms with van der Waals surface area (Å²) in [7, 11) is 0. The van der Waals surface area contributed by atoms with Crippen LogP contribution in [0.15, 0.2) is 30.5 Å². The molecule has 0 saturated heterocycles. The van der Waals surface area contributed by atoms with E-state index in [2.05, 4.69) is 15.6 Å². The van der Waals surface area contributed by atoms with Crippen molar-refractivity contribution in [2.75, 3.05) is 18.4 Å². The minimum Gasteiger partial charge on any atom is -0.384 e. The van der Waals surface area contributed by atoms with Crippen LogP contribution in [0.5, 0.6) is 0 Å². The fourth-order valence-electron chi connectivity index (χ4n) is 7.06. The van der Waals surface area contributed by atoms with Gasteiger partial charge in [-0.2, -0.15) is 0 Å². The van der Waals surface area contributed by atoms with Gasteiger partial charge in [-0.15, -0.1) is 0 Å². The number of carbonyl (C=O) groups is 1. The summed E-state index contributed by atoms with van der Waals surface area (Å²) in [4.78, 5) is 17.0. The highest BCUT2D eigenvalue weighted by atomic mass is 35.5. The number of unbranched alkanes of at least 4 members (excludes halogenated alkanes) is 2. The maximum absolute atomic E-state index is 12.6. The molecule has 0 unspecified atom stereocenters. The van der Waals surface area contributed by atoms with E-state index in [1.54, 1.807) is 0 Å². The molecule has 1 aromatic heterocycles. The van der Waals surface area contributed by atoms with E-state index in [1.807, 2.05) is 30.5 Å². The molecule has 5 heteroatoms. The molecule has 6 rings (SSSR count). The number of nitrogens with zero attached hydrogens (tertiary/aromatic N) is 1. The number of rotatable bonds is 9. The summed E-state index contributed by atoms with van der Waals surface area (Å²) in [6, 6.07) is 7.84. The lowest BCUT2D eigenvalue weighted by molar-refractivity contribution is -0.129. The number of amides is 1. The van der Waals surface area contributed by atoms with E-state index in [0.717, 1.165) is 73.1 Å². The van der Waals surface area contributed by atoms with Crippen molar-refractivity contribution in [3.05, 3.63) is 35.5 Å². The minimum absolute atomic E-state index is 0.294. The number of hydrogen-bond acceptors (Lipinski definition) is 3. The Bertz CT molecular complexity index is 908. The van der Waals surface area contributed by atoms with E-state index in [-0.39, 0.29) is 0 Å². The lowest BCUT2D eigenvalue weighted by atomic mass is 9.49. The van der Waals surface area contributed by atoms with Crippen molar-refractivity contribution in [3.8, 4) is 0 Å². The SMILES string of the molecule is O=C(CC12CC3CC(CC(C3)C1)C2)NCCCCCNc1ccnc2cc(Cl)ccc12. The Hall–Kier alpha value is -1.81. The number of benzene rings is 1. The second kappa shape index (κ2) is 8.97. The number of pyridine rings is 1. The third-order valence-corrected chi connectivity index (χ3v) is 8.13. The summed E-state index contributed by atoms with van der Waals surface area (Å²) in [5, 5.41) is 8.55. The molecule has 2 N–H and O–H groups in total. The number of carbonyl (C=O) groups excluding carboxylic acids is 1. The van der Waals surface area contributed by atoms with E-state index in [4.69, 9.17) is 11.6 Å². The van der Waals surface area contributed by atoms with Crippen LogP contribution in [0.25, 0.3) is 10.9 Å². The number of aromatic nitrogens is 1. The highest BCUT2D eigenvalue weighted by molar-refractivity contribution is 6.31. The standard InChI is InChI=1S/C26H34ClN3O/c27-21-4-5-22-23(6-9-29-24(22)13-21)28-7-2-1-3-8-30-25(31)17-26-14-18-10-19(15-26)12-20(11-18)16-26/h4-6,9,13,18-20H,1-3,7-8,10-12,14-17H2,(H,28,29)(H,30,31). The maximum atomic E-state index is 12.6. The molecule has 4 aliphatic carbocycles. The number of halogens is 1. The first-order valence-corrected chi connectivity index (χ1v) is 12.5. The van der Waals surface area contributed by atoms with E-state index in [9.17, 15) is 4.79 Å². The van der Waals surface area contributed by atoms with Crippen molar-refractivity contribution in [1.82, 2.24) is 10.3 Å². The third kappa shape index (κ3) is 4.84. The predicted octanol–water partition coefficient (Wildman–Crippen LogP) is 6.19. The van der Waals surface area contributed by atoms with Crippen molar-refractivity contribution in [2.24, 2.45) is 23.2 Å². The summed E-state index contributed by atoms with van der Waals surface area (Å²) >= 11 is 6.07. The average Bonchev–Trinajstić information content (AvgIpc) is 2.71. The first-order chi connectivity index (χ1) is 15.1. The van der Waals surface area contributed by atoms with E-state index >= 15 is 0 Å². The molecule has 31 heavy (non-hydrogen) atoms. The van der Waals surface area contributed by atoms with Gasteiger partial charge in [-0.25, -0.2) is 0 Å². The zero-order valence-corrected chi connectivity index (χ0v) is 19.1. The minimum atomic E-state index is 0.294. The lowest BCUT2D eigenvalue weighted by Crippen LogP contribution is -2.48. The molecular formula is C26H34ClN3O. The van der Waals surface area contributed by atoms with Crippen LogP contribution < -0.4 is 10.6 Å². The van der Waals surface area contributed by atoms with Crippen molar-refractivity contribution < 1.29 is 4.79 Å². The van der Waals surface area contributed by atoms with Gasteiger partial charge in [0.1, 0.15) is 0 Å². The number of fused-ring (bicyclic) bond motifs is 1. The fourth-order valence-corrected chi connectivity index (χ4v) is 7.23. The molecular weight excluding hydrogens is 406 g/mol. The van der Waals surface area contributed by atoms with Gasteiger partial charge < -0.3 is 10.6 Å². The monoisotopic (exact) mass is 439 g/mol. The van der Waals surface area contributed by atoms with Crippen LogP contribution in [0.4, 0.5) is 5.69 Å². The van der Waals surface area contributed by atoms with Crippen molar-refractivity contribution >= 4 is 34.1 Å². The molecule has 0 spiro atoms. The van der Waals surface area contributed by atoms with Crippen LogP contribution in [0.1, 0.15) is 64.2 Å². The third-order valence-electron chi connectivity index (χ3n) is 7.90. The first-order valence-electron chi connectivity index (χ1n) is 12.1. The normalized spacial score (nSPS) is 28.7. The second-order valence-corrected chi connectivity index (χ2v) is 10.9. The molecule has 0 atom stereocenters. The molecule has 1 heterocycles. The van der Waals surface area contributed by atoms with Crippen LogP contribution in [-0.4, -0.2) is 24.0 Å². The van der Waals surface area contributed by atoms with Gasteiger partial charge in [-0.05, 0) is 105 Å². The number of hydrogen-bond donors (Lipinski definition) is 2. The summed E-state index contributed by atoms with van der Waals surface area (Å²) < 4.78 is 0. The Morgan fingerprint density at radius 2 is 1.71 bits per heavy atom. The fraction of sp³-hybridized carbons (Fsp3) is 0.615. The van der Waals surface area contributed by atoms with Crippen LogP contribution in [-0.2, 0) is 4.79 Å². The zero-order valence-electron chi connectivity index (χ0n) is 18.3. The molecule has 0 radical (unpaired) electrons. The molecule has 4 nitrogen and oxygen atoms in total. The van der Waals surface area contributed by atoms with Gasteiger partial charge in [-0.3, -0.25) is 9.78 Å². The number of nitrogens with one attached hydrogen (secondary N) is 2. The van der Waals surface area contributed by atoms with Crippen LogP contribution in [0.3, 0.4) is 0 Å². The predicted molar refractivity (Wildman–Crippen MR) is 127 cm³/mol. The topological polar surface area (TPSA) is 54.0 Å². The van der Waals surface area contributed by atoms with Gasteiger partial charge in [-0.1, -0.05) is 11.6 Å². The maximum Gasteiger partial charge on any atom is 0.220 e. The molecule has 0 aliphatic heterocycles. The van der Waals surface area contributed by atoms with Crippen LogP contribution in [0, 0.1) is 23.2 Å². The molecule has 2 aromatic rings. The molecule has 166 valence electrons. The Morgan fingerprint density at radius 3 is 2.45 bits per heavy atom. The molecule has 4 bridgehead atoms. The summed E-state index contributed by atoms with van der Waals surface area (Å²) in [5.74, 6) is 3.05. The summed E-state index contributed by atoms with van der Waals surface area (Å²) in [6.07, 6.45) is 14.1. The Kier molecular flexibility index (Phi) is 6.10. The second-order valence-electron chi connectivity index (χ2n) is 10.5. The zero-order chi connectivity index (χ0) is 21.3. The Balaban J connectivity index is 0.997. The Labute approximate surface area is 190 Å². The highest BCUT2D eigenvalue weighted by Gasteiger charge is 2.51. The molecule has 4 fully saturated rings. The number of anilines is 1. The van der Waals surface area contributed by atoms with E-state index in [0.29, 0.717) is 16.3 Å². The quantitative estimate of drug-likeness (QED) is 0.458. The smallest absolute Gasteiger partial charge is 0.220 e. The molecule has 1 aromatic carbocycles. The van der Waals surface area contributed by atoms with E-state index in [1.165, 1.54) is 38.5 Å². The van der Waals surface area contributed by atoms with Gasteiger partial charge in [0.2, 0.25) is 5.91 Å². The van der Waals surface area contributed by atoms with Crippen LogP contribution in [0.2, 0.25) is 5.02 Å². The Morgan fingerprint density at radius 1 is 1.00 bits per heavy atom. The van der Waals surface area contributed by atoms with Crippen molar-refractivity contribution in [1.29, 1.82) is 0 Å². The van der Waals surface area contributed by atoms with Gasteiger partial charge >= 0.3 is 0 Å². The lowest BCUT2D eigenvalue weighted by Gasteiger charge is -2.56. The molecule has 4 saturated carbocycles. The van der Waals surface area contributed by atoms with Crippen molar-refractivity contribution in [2.45, 2.75) is 64.2 Å². The van der Waals surface area contributed by atoms with Gasteiger partial charge in [0, 0.05) is 41.8 Å². The van der Waals surface area contributed by atoms with Crippen LogP contribution >= 0.6 is 11.6 Å². The van der Waals surface area contributed by atoms with Gasteiger partial charge in [0.25, 0.3) is 0 Å². The van der Waals surface area contributed by atoms with Gasteiger partial charge in [0.05, 0.1) is 5.52 Å². The first kappa shape index (κ1) is 21.1. The van der Waals surface area contributed by atoms with Crippen molar-refractivity contribution in [3.63, 3.8) is 0 Å². The summed E-state index contributed by atoms with van der Waals surface area (Å²) in [6.45, 7) is 1.73. The largest absolute Gasteiger partial charge is 0.384 e. The molecule has 1 amide bonds.